The maximum absolute atomic E-state index is 5.45. The molecular formula is C14H22N4S. The number of fused-ring (bicyclic) bond motifs is 1. The van der Waals surface area contributed by atoms with Crippen LogP contribution in [-0.4, -0.2) is 40.1 Å². The molecule has 0 saturated heterocycles. The fourth-order valence-electron chi connectivity index (χ4n) is 2.65. The summed E-state index contributed by atoms with van der Waals surface area (Å²) in [6.07, 6.45) is 1.84. The van der Waals surface area contributed by atoms with Crippen molar-refractivity contribution in [2.75, 3.05) is 20.6 Å². The maximum Gasteiger partial charge on any atom is 0.179 e. The Morgan fingerprint density at radius 2 is 2.11 bits per heavy atom. The summed E-state index contributed by atoms with van der Waals surface area (Å²) in [6, 6.07) is 2.00. The molecule has 0 aliphatic heterocycles. The van der Waals surface area contributed by atoms with Crippen LogP contribution in [0.3, 0.4) is 0 Å². The van der Waals surface area contributed by atoms with Gasteiger partial charge in [0.1, 0.15) is 0 Å². The molecule has 2 rings (SSSR count). The molecule has 1 N–H and O–H groups in total. The van der Waals surface area contributed by atoms with Crippen molar-refractivity contribution in [2.45, 2.75) is 27.3 Å². The second-order valence-corrected chi connectivity index (χ2v) is 6.63. The number of H-pyrrole nitrogens is 1. The van der Waals surface area contributed by atoms with E-state index in [0.29, 0.717) is 0 Å². The highest BCUT2D eigenvalue weighted by Crippen LogP contribution is 2.23. The van der Waals surface area contributed by atoms with Gasteiger partial charge in [0.15, 0.2) is 10.4 Å². The molecule has 0 amide bonds. The second kappa shape index (κ2) is 5.06. The Morgan fingerprint density at radius 3 is 2.74 bits per heavy atom. The van der Waals surface area contributed by atoms with Crippen LogP contribution in [0.4, 0.5) is 0 Å². The number of rotatable bonds is 4. The van der Waals surface area contributed by atoms with E-state index in [-0.39, 0.29) is 5.41 Å². The van der Waals surface area contributed by atoms with E-state index in [0.717, 1.165) is 29.0 Å². The van der Waals surface area contributed by atoms with Crippen LogP contribution in [0.25, 0.3) is 11.2 Å². The SMILES string of the molecule is Cc1ccnc2c1[nH]c(=S)n2CC(C)(C)CN(C)C. The second-order valence-electron chi connectivity index (χ2n) is 6.24. The number of aromatic amines is 1. The van der Waals surface area contributed by atoms with Gasteiger partial charge in [0, 0.05) is 19.3 Å². The van der Waals surface area contributed by atoms with E-state index in [1.54, 1.807) is 0 Å². The third-order valence-electron chi connectivity index (χ3n) is 3.20. The van der Waals surface area contributed by atoms with E-state index in [2.05, 4.69) is 54.3 Å². The number of nitrogens with zero attached hydrogens (tertiary/aromatic N) is 3. The Kier molecular flexibility index (Phi) is 3.78. The molecule has 2 aromatic rings. The van der Waals surface area contributed by atoms with Crippen LogP contribution < -0.4 is 0 Å². The third-order valence-corrected chi connectivity index (χ3v) is 3.52. The Hall–Kier alpha value is -1.20. The van der Waals surface area contributed by atoms with Gasteiger partial charge in [0.25, 0.3) is 0 Å². The van der Waals surface area contributed by atoms with Crippen molar-refractivity contribution in [1.29, 1.82) is 0 Å². The predicted molar refractivity (Wildman–Crippen MR) is 82.0 cm³/mol. The van der Waals surface area contributed by atoms with Crippen LogP contribution in [-0.2, 0) is 6.54 Å². The van der Waals surface area contributed by atoms with Gasteiger partial charge >= 0.3 is 0 Å². The molecule has 0 spiro atoms. The Morgan fingerprint density at radius 1 is 1.42 bits per heavy atom. The minimum absolute atomic E-state index is 0.141. The fraction of sp³-hybridized carbons (Fsp3) is 0.571. The van der Waals surface area contributed by atoms with Gasteiger partial charge in [-0.2, -0.15) is 0 Å². The summed E-state index contributed by atoms with van der Waals surface area (Å²) in [7, 11) is 4.19. The van der Waals surface area contributed by atoms with Gasteiger partial charge in [-0.3, -0.25) is 0 Å². The zero-order chi connectivity index (χ0) is 14.2. The van der Waals surface area contributed by atoms with Crippen LogP contribution in [0.2, 0.25) is 0 Å². The normalized spacial score (nSPS) is 12.5. The van der Waals surface area contributed by atoms with E-state index < -0.39 is 0 Å². The smallest absolute Gasteiger partial charge is 0.179 e. The minimum atomic E-state index is 0.141. The molecule has 0 bridgehead atoms. The lowest BCUT2D eigenvalue weighted by molar-refractivity contribution is 0.212. The summed E-state index contributed by atoms with van der Waals surface area (Å²) >= 11 is 5.45. The third kappa shape index (κ3) is 3.04. The van der Waals surface area contributed by atoms with Crippen molar-refractivity contribution in [3.63, 3.8) is 0 Å². The molecular weight excluding hydrogens is 256 g/mol. The molecule has 0 aromatic carbocycles. The van der Waals surface area contributed by atoms with Crippen molar-refractivity contribution in [2.24, 2.45) is 5.41 Å². The molecule has 0 saturated carbocycles. The fourth-order valence-corrected chi connectivity index (χ4v) is 2.91. The summed E-state index contributed by atoms with van der Waals surface area (Å²) in [5.41, 5.74) is 3.33. The molecule has 0 aliphatic carbocycles. The van der Waals surface area contributed by atoms with Gasteiger partial charge in [-0.25, -0.2) is 4.98 Å². The lowest BCUT2D eigenvalue weighted by Gasteiger charge is -2.28. The number of aryl methyl sites for hydroxylation is 1. The monoisotopic (exact) mass is 278 g/mol. The first-order chi connectivity index (χ1) is 8.80. The van der Waals surface area contributed by atoms with Crippen molar-refractivity contribution in [3.8, 4) is 0 Å². The molecule has 0 atom stereocenters. The van der Waals surface area contributed by atoms with Crippen LogP contribution in [0.15, 0.2) is 12.3 Å². The molecule has 0 aliphatic rings. The Bertz CT molecular complexity index is 636. The van der Waals surface area contributed by atoms with E-state index in [4.69, 9.17) is 12.2 Å². The van der Waals surface area contributed by atoms with Crippen LogP contribution in [0.5, 0.6) is 0 Å². The first kappa shape index (κ1) is 14.2. The average molecular weight is 278 g/mol. The predicted octanol–water partition coefficient (Wildman–Crippen LogP) is 2.99. The van der Waals surface area contributed by atoms with E-state index in [1.165, 1.54) is 5.56 Å². The number of imidazole rings is 1. The van der Waals surface area contributed by atoms with E-state index >= 15 is 0 Å². The summed E-state index contributed by atoms with van der Waals surface area (Å²) in [4.78, 5) is 9.96. The number of hydrogen-bond donors (Lipinski definition) is 1. The van der Waals surface area contributed by atoms with Gasteiger partial charge in [-0.15, -0.1) is 0 Å². The van der Waals surface area contributed by atoms with E-state index in [1.807, 2.05) is 12.3 Å². The topological polar surface area (TPSA) is 36.9 Å². The number of hydrogen-bond acceptors (Lipinski definition) is 3. The minimum Gasteiger partial charge on any atom is -0.329 e. The number of nitrogens with one attached hydrogen (secondary N) is 1. The first-order valence-electron chi connectivity index (χ1n) is 6.49. The Balaban J connectivity index is 2.44. The zero-order valence-electron chi connectivity index (χ0n) is 12.3. The highest BCUT2D eigenvalue weighted by Gasteiger charge is 2.21. The molecule has 2 heterocycles. The van der Waals surface area contributed by atoms with Gasteiger partial charge in [-0.1, -0.05) is 13.8 Å². The molecule has 0 radical (unpaired) electrons. The van der Waals surface area contributed by atoms with Crippen LogP contribution in [0, 0.1) is 17.1 Å². The van der Waals surface area contributed by atoms with Gasteiger partial charge < -0.3 is 14.5 Å². The first-order valence-corrected chi connectivity index (χ1v) is 6.90. The lowest BCUT2D eigenvalue weighted by atomic mass is 9.93. The summed E-state index contributed by atoms with van der Waals surface area (Å²) in [6.45, 7) is 8.45. The van der Waals surface area contributed by atoms with Gasteiger partial charge in [0.05, 0.1) is 5.52 Å². The standard InChI is InChI=1S/C14H22N4S/c1-10-6-7-15-12-11(10)16-13(19)18(12)9-14(2,3)8-17(4)5/h6-7H,8-9H2,1-5H3,(H,16,19). The van der Waals surface area contributed by atoms with Crippen LogP contribution in [0.1, 0.15) is 19.4 Å². The van der Waals surface area contributed by atoms with Crippen molar-refractivity contribution >= 4 is 23.4 Å². The largest absolute Gasteiger partial charge is 0.329 e. The van der Waals surface area contributed by atoms with Crippen molar-refractivity contribution < 1.29 is 0 Å². The van der Waals surface area contributed by atoms with Crippen molar-refractivity contribution in [1.82, 2.24) is 19.4 Å². The summed E-state index contributed by atoms with van der Waals surface area (Å²) < 4.78 is 2.87. The number of pyridine rings is 1. The quantitative estimate of drug-likeness (QED) is 0.874. The Labute approximate surface area is 119 Å². The molecule has 19 heavy (non-hydrogen) atoms. The van der Waals surface area contributed by atoms with E-state index in [9.17, 15) is 0 Å². The molecule has 104 valence electrons. The summed E-state index contributed by atoms with van der Waals surface area (Å²) in [5, 5.41) is 0. The van der Waals surface area contributed by atoms with Crippen molar-refractivity contribution in [3.05, 3.63) is 22.6 Å². The van der Waals surface area contributed by atoms with Crippen LogP contribution >= 0.6 is 12.2 Å². The summed E-state index contributed by atoms with van der Waals surface area (Å²) in [5.74, 6) is 0. The lowest BCUT2D eigenvalue weighted by Crippen LogP contribution is -2.32. The molecule has 0 unspecified atom stereocenters. The highest BCUT2D eigenvalue weighted by molar-refractivity contribution is 7.71. The van der Waals surface area contributed by atoms with Gasteiger partial charge in [0.2, 0.25) is 0 Å². The number of aromatic nitrogens is 3. The zero-order valence-corrected chi connectivity index (χ0v) is 13.1. The van der Waals surface area contributed by atoms with Gasteiger partial charge in [-0.05, 0) is 50.3 Å². The molecule has 4 nitrogen and oxygen atoms in total. The average Bonchev–Trinajstić information content (AvgIpc) is 2.56. The molecule has 0 fully saturated rings. The molecule has 2 aromatic heterocycles. The molecule has 5 heteroatoms. The highest BCUT2D eigenvalue weighted by atomic mass is 32.1. The maximum atomic E-state index is 5.45.